The monoisotopic (exact) mass is 421 g/mol. The number of nitrogens with zero attached hydrogens (tertiary/aromatic N) is 3. The van der Waals surface area contributed by atoms with E-state index in [4.69, 9.17) is 14.6 Å². The molecule has 0 spiro atoms. The minimum absolute atomic E-state index is 0.503. The molecule has 0 radical (unpaired) electrons. The SMILES string of the molecule is C=O.C=O.CCC1(F)CCN(CC2CCN(c3ncc(C)cc3C(C)C)CC2)CC1. The van der Waals surface area contributed by atoms with Gasteiger partial charge in [0.15, 0.2) is 0 Å². The van der Waals surface area contributed by atoms with Gasteiger partial charge in [-0.25, -0.2) is 9.37 Å². The van der Waals surface area contributed by atoms with Crippen molar-refractivity contribution in [2.75, 3.05) is 37.6 Å². The van der Waals surface area contributed by atoms with Crippen LogP contribution >= 0.6 is 0 Å². The van der Waals surface area contributed by atoms with E-state index in [2.05, 4.69) is 36.6 Å². The zero-order chi connectivity index (χ0) is 22.7. The number of alkyl halides is 1. The highest BCUT2D eigenvalue weighted by Gasteiger charge is 2.33. The van der Waals surface area contributed by atoms with Crippen molar-refractivity contribution in [1.82, 2.24) is 9.88 Å². The molecule has 3 heterocycles. The maximum Gasteiger partial charge on any atom is 0.131 e. The van der Waals surface area contributed by atoms with Crippen molar-refractivity contribution < 1.29 is 14.0 Å². The van der Waals surface area contributed by atoms with Gasteiger partial charge in [0.1, 0.15) is 25.1 Å². The first-order chi connectivity index (χ1) is 14.4. The molecule has 0 aromatic carbocycles. The van der Waals surface area contributed by atoms with Gasteiger partial charge in [-0.3, -0.25) is 0 Å². The van der Waals surface area contributed by atoms with Crippen LogP contribution in [0.25, 0.3) is 0 Å². The number of pyridine rings is 1. The molecule has 5 nitrogen and oxygen atoms in total. The van der Waals surface area contributed by atoms with Crippen LogP contribution < -0.4 is 4.90 Å². The summed E-state index contributed by atoms with van der Waals surface area (Å²) in [6.07, 6.45) is 6.54. The number of likely N-dealkylation sites (tertiary alicyclic amines) is 1. The van der Waals surface area contributed by atoms with Gasteiger partial charge in [0.2, 0.25) is 0 Å². The van der Waals surface area contributed by atoms with Gasteiger partial charge in [0.25, 0.3) is 0 Å². The van der Waals surface area contributed by atoms with Crippen LogP contribution in [0.15, 0.2) is 12.3 Å². The fraction of sp³-hybridized carbons (Fsp3) is 0.708. The summed E-state index contributed by atoms with van der Waals surface area (Å²) in [5.41, 5.74) is 1.72. The number of aromatic nitrogens is 1. The largest absolute Gasteiger partial charge is 0.356 e. The van der Waals surface area contributed by atoms with Crippen molar-refractivity contribution >= 4 is 19.4 Å². The van der Waals surface area contributed by atoms with E-state index in [0.29, 0.717) is 25.2 Å². The molecule has 0 aliphatic carbocycles. The summed E-state index contributed by atoms with van der Waals surface area (Å²) in [5.74, 6) is 2.43. The summed E-state index contributed by atoms with van der Waals surface area (Å²) in [6, 6.07) is 2.30. The summed E-state index contributed by atoms with van der Waals surface area (Å²) < 4.78 is 14.4. The molecule has 1 aromatic heterocycles. The number of rotatable bonds is 5. The standard InChI is InChI=1S/C22H36FN3.2CH2O/c1-5-22(23)8-12-25(13-9-22)16-19-6-10-26(11-7-19)21-20(17(2)3)14-18(4)15-24-21;2*1-2/h14-15,17,19H,5-13,16H2,1-4H3;2*1H2. The van der Waals surface area contributed by atoms with Gasteiger partial charge < -0.3 is 19.4 Å². The zero-order valence-electron chi connectivity index (χ0n) is 19.3. The molecule has 2 aliphatic rings. The Morgan fingerprint density at radius 1 is 1.13 bits per heavy atom. The number of piperidine rings is 2. The van der Waals surface area contributed by atoms with Crippen LogP contribution in [0, 0.1) is 12.8 Å². The highest BCUT2D eigenvalue weighted by atomic mass is 19.1. The molecule has 6 heteroatoms. The normalized spacial score (nSPS) is 19.5. The molecule has 0 unspecified atom stereocenters. The number of halogens is 1. The minimum atomic E-state index is -0.899. The number of anilines is 1. The third-order valence-electron chi connectivity index (χ3n) is 6.47. The average Bonchev–Trinajstić information content (AvgIpc) is 2.79. The summed E-state index contributed by atoms with van der Waals surface area (Å²) in [5, 5.41) is 0. The summed E-state index contributed by atoms with van der Waals surface area (Å²) in [6.45, 7) is 17.8. The number of hydrogen-bond acceptors (Lipinski definition) is 5. The van der Waals surface area contributed by atoms with E-state index in [9.17, 15) is 4.39 Å². The second-order valence-corrected chi connectivity index (χ2v) is 8.82. The Labute approximate surface area is 182 Å². The second-order valence-electron chi connectivity index (χ2n) is 8.82. The van der Waals surface area contributed by atoms with Gasteiger partial charge in [0, 0.05) is 38.9 Å². The predicted octanol–water partition coefficient (Wildman–Crippen LogP) is 4.57. The maximum absolute atomic E-state index is 14.4. The highest BCUT2D eigenvalue weighted by molar-refractivity contribution is 5.50. The highest BCUT2D eigenvalue weighted by Crippen LogP contribution is 2.32. The van der Waals surface area contributed by atoms with Crippen LogP contribution in [0.1, 0.15) is 69.9 Å². The van der Waals surface area contributed by atoms with Crippen molar-refractivity contribution in [1.29, 1.82) is 0 Å². The first kappa shape index (κ1) is 26.2. The van der Waals surface area contributed by atoms with Gasteiger partial charge in [-0.2, -0.15) is 0 Å². The molecular weight excluding hydrogens is 381 g/mol. The molecule has 1 aromatic rings. The van der Waals surface area contributed by atoms with Gasteiger partial charge in [-0.1, -0.05) is 26.8 Å². The van der Waals surface area contributed by atoms with Crippen LogP contribution in [-0.2, 0) is 9.59 Å². The molecule has 0 bridgehead atoms. The molecule has 0 saturated carbocycles. The topological polar surface area (TPSA) is 53.5 Å². The average molecular weight is 422 g/mol. The molecular formula is C24H40FN3O2. The van der Waals surface area contributed by atoms with Crippen molar-refractivity contribution in [3.63, 3.8) is 0 Å². The Kier molecular flexibility index (Phi) is 11.2. The third kappa shape index (κ3) is 7.15. The van der Waals surface area contributed by atoms with Gasteiger partial charge >= 0.3 is 0 Å². The van der Waals surface area contributed by atoms with Crippen LogP contribution in [-0.4, -0.2) is 61.9 Å². The smallest absolute Gasteiger partial charge is 0.131 e. The molecule has 2 fully saturated rings. The van der Waals surface area contributed by atoms with E-state index < -0.39 is 5.67 Å². The van der Waals surface area contributed by atoms with E-state index in [-0.39, 0.29) is 0 Å². The van der Waals surface area contributed by atoms with Crippen LogP contribution in [0.5, 0.6) is 0 Å². The van der Waals surface area contributed by atoms with Crippen molar-refractivity contribution in [3.05, 3.63) is 23.4 Å². The van der Waals surface area contributed by atoms with E-state index >= 15 is 0 Å². The number of hydrogen-bond donors (Lipinski definition) is 0. The van der Waals surface area contributed by atoms with E-state index in [1.807, 2.05) is 26.7 Å². The lowest BCUT2D eigenvalue weighted by Crippen LogP contribution is -2.45. The van der Waals surface area contributed by atoms with Crippen LogP contribution in [0.3, 0.4) is 0 Å². The number of carbonyl (C=O) groups is 2. The molecule has 0 amide bonds. The maximum atomic E-state index is 14.4. The quantitative estimate of drug-likeness (QED) is 0.697. The lowest BCUT2D eigenvalue weighted by Gasteiger charge is -2.40. The fourth-order valence-corrected chi connectivity index (χ4v) is 4.46. The predicted molar refractivity (Wildman–Crippen MR) is 122 cm³/mol. The molecule has 0 N–H and O–H groups in total. The van der Waals surface area contributed by atoms with Gasteiger partial charge in [0.05, 0.1) is 0 Å². The first-order valence-corrected chi connectivity index (χ1v) is 11.1. The lowest BCUT2D eigenvalue weighted by molar-refractivity contribution is -0.0987. The number of carbonyl (C=O) groups excluding carboxylic acids is 2. The summed E-state index contributed by atoms with van der Waals surface area (Å²) >= 11 is 0. The third-order valence-corrected chi connectivity index (χ3v) is 6.47. The van der Waals surface area contributed by atoms with Crippen molar-refractivity contribution in [3.8, 4) is 0 Å². The van der Waals surface area contributed by atoms with Crippen LogP contribution in [0.2, 0.25) is 0 Å². The minimum Gasteiger partial charge on any atom is -0.356 e. The Hall–Kier alpha value is -1.82. The number of aryl methyl sites for hydroxylation is 1. The second kappa shape index (κ2) is 12.8. The van der Waals surface area contributed by atoms with Gasteiger partial charge in [-0.05, 0) is 62.0 Å². The summed E-state index contributed by atoms with van der Waals surface area (Å²) in [4.78, 5) is 25.7. The van der Waals surface area contributed by atoms with Crippen molar-refractivity contribution in [2.45, 2.75) is 71.4 Å². The first-order valence-electron chi connectivity index (χ1n) is 11.1. The summed E-state index contributed by atoms with van der Waals surface area (Å²) in [7, 11) is 0. The van der Waals surface area contributed by atoms with E-state index in [0.717, 1.165) is 38.6 Å². The van der Waals surface area contributed by atoms with E-state index in [1.165, 1.54) is 29.8 Å². The molecule has 170 valence electrons. The van der Waals surface area contributed by atoms with Crippen LogP contribution in [0.4, 0.5) is 10.2 Å². The van der Waals surface area contributed by atoms with Gasteiger partial charge in [-0.15, -0.1) is 0 Å². The fourth-order valence-electron chi connectivity index (χ4n) is 4.46. The lowest BCUT2D eigenvalue weighted by atomic mass is 9.89. The molecule has 2 aliphatic heterocycles. The Balaban J connectivity index is 0.00000106. The molecule has 3 rings (SSSR count). The Morgan fingerprint density at radius 3 is 2.20 bits per heavy atom. The molecule has 0 atom stereocenters. The Morgan fingerprint density at radius 2 is 1.70 bits per heavy atom. The molecule has 30 heavy (non-hydrogen) atoms. The zero-order valence-corrected chi connectivity index (χ0v) is 19.3. The molecule has 2 saturated heterocycles. The Bertz CT molecular complexity index is 623. The van der Waals surface area contributed by atoms with Crippen molar-refractivity contribution in [2.24, 2.45) is 5.92 Å². The van der Waals surface area contributed by atoms with E-state index in [1.54, 1.807) is 0 Å².